The monoisotopic (exact) mass is 244 g/mol. The molecule has 0 N–H and O–H groups in total. The van der Waals surface area contributed by atoms with Crippen LogP contribution in [0.25, 0.3) is 0 Å². The van der Waals surface area contributed by atoms with Gasteiger partial charge in [0.15, 0.2) is 0 Å². The first-order valence-corrected chi connectivity index (χ1v) is 8.85. The van der Waals surface area contributed by atoms with Crippen molar-refractivity contribution in [3.8, 4) is 0 Å². The van der Waals surface area contributed by atoms with E-state index in [0.29, 0.717) is 0 Å². The third-order valence-corrected chi connectivity index (χ3v) is 4.61. The molecule has 4 nitrogen and oxygen atoms in total. The minimum atomic E-state index is -1.51. The predicted octanol–water partition coefficient (Wildman–Crippen LogP) is 1.91. The van der Waals surface area contributed by atoms with Gasteiger partial charge in [0.1, 0.15) is 0 Å². The van der Waals surface area contributed by atoms with Crippen molar-refractivity contribution in [2.75, 3.05) is 7.11 Å². The van der Waals surface area contributed by atoms with Crippen LogP contribution in [0.4, 0.5) is 0 Å². The Bertz CT molecular complexity index is 278. The van der Waals surface area contributed by atoms with Crippen LogP contribution in [-0.2, 0) is 19.1 Å². The van der Waals surface area contributed by atoms with E-state index in [9.17, 15) is 9.59 Å². The maximum atomic E-state index is 11.4. The molecule has 92 valence electrons. The van der Waals surface area contributed by atoms with Gasteiger partial charge in [-0.3, -0.25) is 0 Å². The Morgan fingerprint density at radius 3 is 2.06 bits per heavy atom. The molecule has 0 spiro atoms. The predicted molar refractivity (Wildman–Crippen MR) is 64.7 cm³/mol. The van der Waals surface area contributed by atoms with E-state index in [4.69, 9.17) is 4.74 Å². The second kappa shape index (κ2) is 6.47. The van der Waals surface area contributed by atoms with Gasteiger partial charge in [-0.25, -0.2) is 9.59 Å². The molecule has 1 atom stereocenters. The van der Waals surface area contributed by atoms with Crippen LogP contribution in [0.1, 0.15) is 13.3 Å². The van der Waals surface area contributed by atoms with Crippen molar-refractivity contribution < 1.29 is 19.1 Å². The summed E-state index contributed by atoms with van der Waals surface area (Å²) in [6.07, 6.45) is 2.97. The molecule has 0 rings (SSSR count). The molecule has 0 aromatic heterocycles. The fraction of sp³-hybridized carbons (Fsp3) is 0.636. The van der Waals surface area contributed by atoms with Gasteiger partial charge in [-0.15, -0.1) is 0 Å². The fourth-order valence-corrected chi connectivity index (χ4v) is 2.95. The van der Waals surface area contributed by atoms with Crippen LogP contribution in [-0.4, -0.2) is 32.8 Å². The second-order valence-corrected chi connectivity index (χ2v) is 9.93. The van der Waals surface area contributed by atoms with E-state index < -0.39 is 20.0 Å². The average molecular weight is 244 g/mol. The van der Waals surface area contributed by atoms with Crippen LogP contribution in [0.3, 0.4) is 0 Å². The number of esters is 2. The van der Waals surface area contributed by atoms with Crippen molar-refractivity contribution in [2.24, 2.45) is 0 Å². The summed E-state index contributed by atoms with van der Waals surface area (Å²) < 4.78 is 9.66. The zero-order chi connectivity index (χ0) is 12.8. The largest absolute Gasteiger partial charge is 0.466 e. The van der Waals surface area contributed by atoms with Crippen LogP contribution in [0.5, 0.6) is 0 Å². The molecule has 0 heterocycles. The molecular weight excluding hydrogens is 224 g/mol. The van der Waals surface area contributed by atoms with Crippen LogP contribution < -0.4 is 0 Å². The zero-order valence-corrected chi connectivity index (χ0v) is 11.6. The molecule has 0 saturated heterocycles. The average Bonchev–Trinajstić information content (AvgIpc) is 2.20. The lowest BCUT2D eigenvalue weighted by molar-refractivity contribution is -0.141. The molecule has 0 saturated carbocycles. The lowest BCUT2D eigenvalue weighted by Crippen LogP contribution is -2.41. The molecule has 16 heavy (non-hydrogen) atoms. The van der Waals surface area contributed by atoms with Gasteiger partial charge in [0.2, 0.25) is 0 Å². The lowest BCUT2D eigenvalue weighted by Gasteiger charge is -2.26. The van der Waals surface area contributed by atoms with Crippen molar-refractivity contribution in [1.82, 2.24) is 0 Å². The number of methoxy groups -OCH3 is 1. The molecule has 0 bridgehead atoms. The Labute approximate surface area is 97.6 Å². The Morgan fingerprint density at radius 1 is 1.19 bits per heavy atom. The number of rotatable bonds is 5. The first-order valence-electron chi connectivity index (χ1n) is 5.28. The topological polar surface area (TPSA) is 52.6 Å². The SMILES string of the molecule is CCC(OC(=O)/C=C/C(=O)OC)[Si](C)(C)C. The third-order valence-electron chi connectivity index (χ3n) is 2.15. The number of hydrogen-bond donors (Lipinski definition) is 0. The minimum Gasteiger partial charge on any atom is -0.466 e. The van der Waals surface area contributed by atoms with Gasteiger partial charge in [0.05, 0.1) is 20.9 Å². The van der Waals surface area contributed by atoms with E-state index in [2.05, 4.69) is 24.4 Å². The number of ether oxygens (including phenoxy) is 2. The lowest BCUT2D eigenvalue weighted by atomic mass is 10.5. The van der Waals surface area contributed by atoms with Crippen molar-refractivity contribution in [3.05, 3.63) is 12.2 Å². The Kier molecular flexibility index (Phi) is 6.03. The van der Waals surface area contributed by atoms with E-state index in [1.807, 2.05) is 6.92 Å². The van der Waals surface area contributed by atoms with Crippen LogP contribution in [0, 0.1) is 0 Å². The summed E-state index contributed by atoms with van der Waals surface area (Å²) in [5, 5.41) is 0. The summed E-state index contributed by atoms with van der Waals surface area (Å²) >= 11 is 0. The Morgan fingerprint density at radius 2 is 1.69 bits per heavy atom. The van der Waals surface area contributed by atoms with Gasteiger partial charge < -0.3 is 9.47 Å². The summed E-state index contributed by atoms with van der Waals surface area (Å²) in [6.45, 7) is 8.40. The van der Waals surface area contributed by atoms with Crippen molar-refractivity contribution in [1.29, 1.82) is 0 Å². The number of carbonyl (C=O) groups is 2. The highest BCUT2D eigenvalue weighted by molar-refractivity contribution is 6.77. The Balaban J connectivity index is 4.33. The van der Waals surface area contributed by atoms with E-state index in [1.165, 1.54) is 7.11 Å². The first-order chi connectivity index (χ1) is 7.31. The second-order valence-electron chi connectivity index (χ2n) is 4.56. The molecule has 0 aromatic carbocycles. The zero-order valence-electron chi connectivity index (χ0n) is 10.6. The van der Waals surface area contributed by atoms with Crippen LogP contribution in [0.15, 0.2) is 12.2 Å². The number of hydrogen-bond acceptors (Lipinski definition) is 4. The Hall–Kier alpha value is -1.10. The first kappa shape index (κ1) is 14.9. The molecule has 0 radical (unpaired) electrons. The normalized spacial score (nSPS) is 13.6. The highest BCUT2D eigenvalue weighted by Crippen LogP contribution is 2.15. The third kappa shape index (κ3) is 5.70. The van der Waals surface area contributed by atoms with Gasteiger partial charge in [0, 0.05) is 12.2 Å². The van der Waals surface area contributed by atoms with E-state index >= 15 is 0 Å². The highest BCUT2D eigenvalue weighted by atomic mass is 28.3. The van der Waals surface area contributed by atoms with E-state index in [1.54, 1.807) is 0 Å². The molecular formula is C11H20O4Si. The van der Waals surface area contributed by atoms with Gasteiger partial charge in [0.25, 0.3) is 0 Å². The molecule has 0 aliphatic carbocycles. The van der Waals surface area contributed by atoms with E-state index in [-0.39, 0.29) is 5.73 Å². The van der Waals surface area contributed by atoms with Crippen LogP contribution >= 0.6 is 0 Å². The summed E-state index contributed by atoms with van der Waals surface area (Å²) in [5.41, 5.74) is -0.0257. The summed E-state index contributed by atoms with van der Waals surface area (Å²) in [4.78, 5) is 22.1. The fourth-order valence-electron chi connectivity index (χ4n) is 1.26. The molecule has 5 heteroatoms. The maximum absolute atomic E-state index is 11.4. The molecule has 0 amide bonds. The highest BCUT2D eigenvalue weighted by Gasteiger charge is 2.28. The number of carbonyl (C=O) groups excluding carboxylic acids is 2. The van der Waals surface area contributed by atoms with Gasteiger partial charge in [-0.05, 0) is 6.42 Å². The van der Waals surface area contributed by atoms with Crippen molar-refractivity contribution in [2.45, 2.75) is 38.7 Å². The summed E-state index contributed by atoms with van der Waals surface area (Å²) in [6, 6.07) is 0. The van der Waals surface area contributed by atoms with Crippen LogP contribution in [0.2, 0.25) is 19.6 Å². The van der Waals surface area contributed by atoms with Crippen molar-refractivity contribution in [3.63, 3.8) is 0 Å². The van der Waals surface area contributed by atoms with Gasteiger partial charge >= 0.3 is 11.9 Å². The quantitative estimate of drug-likeness (QED) is 0.421. The van der Waals surface area contributed by atoms with Gasteiger partial charge in [-0.2, -0.15) is 0 Å². The molecule has 1 unspecified atom stereocenters. The summed E-state index contributed by atoms with van der Waals surface area (Å²) in [5.74, 6) is -1.04. The van der Waals surface area contributed by atoms with Gasteiger partial charge in [-0.1, -0.05) is 26.6 Å². The minimum absolute atomic E-state index is 0.0257. The molecule has 0 aliphatic heterocycles. The van der Waals surface area contributed by atoms with Crippen molar-refractivity contribution >= 4 is 20.0 Å². The van der Waals surface area contributed by atoms with E-state index in [0.717, 1.165) is 18.6 Å². The smallest absolute Gasteiger partial charge is 0.330 e. The standard InChI is InChI=1S/C11H20O4Si/c1-6-11(16(3,4)5)15-10(13)8-7-9(12)14-2/h7-8,11H,6H2,1-5H3/b8-7+. The summed E-state index contributed by atoms with van der Waals surface area (Å²) in [7, 11) is -0.248. The molecule has 0 fully saturated rings. The maximum Gasteiger partial charge on any atom is 0.330 e. The molecule has 0 aliphatic rings. The molecule has 0 aromatic rings.